The van der Waals surface area contributed by atoms with Crippen LogP contribution in [0.1, 0.15) is 23.7 Å². The van der Waals surface area contributed by atoms with Crippen molar-refractivity contribution in [3.05, 3.63) is 29.6 Å². The van der Waals surface area contributed by atoms with Gasteiger partial charge in [-0.2, -0.15) is 0 Å². The zero-order valence-corrected chi connectivity index (χ0v) is 11.2. The first-order valence-corrected chi connectivity index (χ1v) is 6.39. The van der Waals surface area contributed by atoms with Crippen molar-refractivity contribution in [3.63, 3.8) is 0 Å². The molecule has 104 valence electrons. The minimum absolute atomic E-state index is 0.00930. The lowest BCUT2D eigenvalue weighted by Crippen LogP contribution is -2.48. The third kappa shape index (κ3) is 3.04. The Morgan fingerprint density at radius 3 is 2.84 bits per heavy atom. The van der Waals surface area contributed by atoms with Crippen LogP contribution >= 0.6 is 0 Å². The summed E-state index contributed by atoms with van der Waals surface area (Å²) < 4.78 is 18.2. The van der Waals surface area contributed by atoms with Gasteiger partial charge in [0.1, 0.15) is 0 Å². The van der Waals surface area contributed by atoms with Gasteiger partial charge in [-0.15, -0.1) is 0 Å². The quantitative estimate of drug-likeness (QED) is 0.885. The number of nitrogens with zero attached hydrogens (tertiary/aromatic N) is 1. The zero-order valence-electron chi connectivity index (χ0n) is 11.2. The SMILES string of the molecule is COc1cc(C(=O)N2CC(C)CC(N)C2)ccc1F. The van der Waals surface area contributed by atoms with Crippen molar-refractivity contribution in [1.82, 2.24) is 4.90 Å². The van der Waals surface area contributed by atoms with Crippen LogP contribution in [-0.2, 0) is 0 Å². The Balaban J connectivity index is 2.19. The third-order valence-electron chi connectivity index (χ3n) is 3.38. The molecule has 0 aromatic heterocycles. The highest BCUT2D eigenvalue weighted by atomic mass is 19.1. The van der Waals surface area contributed by atoms with Crippen LogP contribution < -0.4 is 10.5 Å². The fraction of sp³-hybridized carbons (Fsp3) is 0.500. The number of rotatable bonds is 2. The molecule has 0 aliphatic carbocycles. The molecular formula is C14H19FN2O2. The fourth-order valence-corrected chi connectivity index (χ4v) is 2.54. The van der Waals surface area contributed by atoms with E-state index >= 15 is 0 Å². The van der Waals surface area contributed by atoms with E-state index in [-0.39, 0.29) is 17.7 Å². The highest BCUT2D eigenvalue weighted by Gasteiger charge is 2.26. The molecule has 0 radical (unpaired) electrons. The molecule has 4 nitrogen and oxygen atoms in total. The smallest absolute Gasteiger partial charge is 0.254 e. The van der Waals surface area contributed by atoms with Crippen LogP contribution in [0.25, 0.3) is 0 Å². The Bertz CT molecular complexity index is 469. The fourth-order valence-electron chi connectivity index (χ4n) is 2.54. The van der Waals surface area contributed by atoms with Crippen LogP contribution in [0.4, 0.5) is 4.39 Å². The summed E-state index contributed by atoms with van der Waals surface area (Å²) in [5.74, 6) is -0.127. The number of benzene rings is 1. The van der Waals surface area contributed by atoms with E-state index in [1.807, 2.05) is 0 Å². The highest BCUT2D eigenvalue weighted by molar-refractivity contribution is 5.94. The predicted molar refractivity (Wildman–Crippen MR) is 70.6 cm³/mol. The summed E-state index contributed by atoms with van der Waals surface area (Å²) in [6.45, 7) is 3.31. The molecule has 1 aliphatic heterocycles. The molecule has 0 spiro atoms. The molecule has 1 aliphatic rings. The number of piperidine rings is 1. The van der Waals surface area contributed by atoms with E-state index in [9.17, 15) is 9.18 Å². The van der Waals surface area contributed by atoms with Gasteiger partial charge in [-0.05, 0) is 30.5 Å². The number of likely N-dealkylation sites (tertiary alicyclic amines) is 1. The molecule has 2 rings (SSSR count). The van der Waals surface area contributed by atoms with Crippen LogP contribution in [0.15, 0.2) is 18.2 Å². The lowest BCUT2D eigenvalue weighted by Gasteiger charge is -2.34. The third-order valence-corrected chi connectivity index (χ3v) is 3.38. The predicted octanol–water partition coefficient (Wildman–Crippen LogP) is 1.64. The number of hydrogen-bond acceptors (Lipinski definition) is 3. The van der Waals surface area contributed by atoms with Crippen molar-refractivity contribution in [2.45, 2.75) is 19.4 Å². The van der Waals surface area contributed by atoms with E-state index in [1.165, 1.54) is 25.3 Å². The first-order chi connectivity index (χ1) is 9.01. The lowest BCUT2D eigenvalue weighted by atomic mass is 9.96. The number of methoxy groups -OCH3 is 1. The van der Waals surface area contributed by atoms with Crippen molar-refractivity contribution in [3.8, 4) is 5.75 Å². The van der Waals surface area contributed by atoms with Gasteiger partial charge in [-0.1, -0.05) is 6.92 Å². The first-order valence-electron chi connectivity index (χ1n) is 6.39. The molecular weight excluding hydrogens is 247 g/mol. The second-order valence-electron chi connectivity index (χ2n) is 5.16. The number of amides is 1. The number of ether oxygens (including phenoxy) is 1. The second kappa shape index (κ2) is 5.57. The maximum absolute atomic E-state index is 13.3. The number of hydrogen-bond donors (Lipinski definition) is 1. The summed E-state index contributed by atoms with van der Waals surface area (Å²) >= 11 is 0. The Hall–Kier alpha value is -1.62. The van der Waals surface area contributed by atoms with Gasteiger partial charge < -0.3 is 15.4 Å². The summed E-state index contributed by atoms with van der Waals surface area (Å²) in [6.07, 6.45) is 0.927. The molecule has 0 saturated carbocycles. The molecule has 5 heteroatoms. The van der Waals surface area contributed by atoms with Crippen LogP contribution in [0.5, 0.6) is 5.75 Å². The molecule has 2 unspecified atom stereocenters. The molecule has 1 amide bonds. The highest BCUT2D eigenvalue weighted by Crippen LogP contribution is 2.22. The van der Waals surface area contributed by atoms with Gasteiger partial charge >= 0.3 is 0 Å². The Morgan fingerprint density at radius 1 is 1.47 bits per heavy atom. The van der Waals surface area contributed by atoms with Crippen molar-refractivity contribution in [1.29, 1.82) is 0 Å². The van der Waals surface area contributed by atoms with E-state index in [2.05, 4.69) is 6.92 Å². The van der Waals surface area contributed by atoms with Crippen molar-refractivity contribution in [2.24, 2.45) is 11.7 Å². The monoisotopic (exact) mass is 266 g/mol. The van der Waals surface area contributed by atoms with Gasteiger partial charge in [0.25, 0.3) is 5.91 Å². The minimum Gasteiger partial charge on any atom is -0.494 e. The van der Waals surface area contributed by atoms with Gasteiger partial charge in [-0.25, -0.2) is 4.39 Å². The summed E-state index contributed by atoms with van der Waals surface area (Å²) in [7, 11) is 1.38. The maximum atomic E-state index is 13.3. The second-order valence-corrected chi connectivity index (χ2v) is 5.16. The van der Waals surface area contributed by atoms with E-state index in [0.717, 1.165) is 6.42 Å². The number of halogens is 1. The number of nitrogens with two attached hydrogens (primary N) is 1. The van der Waals surface area contributed by atoms with E-state index in [4.69, 9.17) is 10.5 Å². The van der Waals surface area contributed by atoms with Gasteiger partial charge in [0.15, 0.2) is 11.6 Å². The average molecular weight is 266 g/mol. The van der Waals surface area contributed by atoms with Crippen molar-refractivity contribution in [2.75, 3.05) is 20.2 Å². The van der Waals surface area contributed by atoms with Gasteiger partial charge in [0.2, 0.25) is 0 Å². The standard InChI is InChI=1S/C14H19FN2O2/c1-9-5-11(16)8-17(7-9)14(18)10-3-4-12(15)13(6-10)19-2/h3-4,6,9,11H,5,7-8,16H2,1-2H3. The number of carbonyl (C=O) groups excluding carboxylic acids is 1. The molecule has 2 atom stereocenters. The molecule has 1 saturated heterocycles. The van der Waals surface area contributed by atoms with Crippen molar-refractivity contribution >= 4 is 5.91 Å². The first kappa shape index (κ1) is 13.8. The van der Waals surface area contributed by atoms with Crippen LogP contribution in [-0.4, -0.2) is 37.0 Å². The molecule has 0 bridgehead atoms. The summed E-state index contributed by atoms with van der Waals surface area (Å²) in [5, 5.41) is 0. The largest absolute Gasteiger partial charge is 0.494 e. The molecule has 1 fully saturated rings. The lowest BCUT2D eigenvalue weighted by molar-refractivity contribution is 0.0660. The summed E-state index contributed by atoms with van der Waals surface area (Å²) in [6, 6.07) is 4.17. The summed E-state index contributed by atoms with van der Waals surface area (Å²) in [4.78, 5) is 14.1. The number of carbonyl (C=O) groups is 1. The van der Waals surface area contributed by atoms with E-state index < -0.39 is 5.82 Å². The zero-order chi connectivity index (χ0) is 14.0. The van der Waals surface area contributed by atoms with E-state index in [0.29, 0.717) is 24.6 Å². The molecule has 19 heavy (non-hydrogen) atoms. The van der Waals surface area contributed by atoms with Crippen molar-refractivity contribution < 1.29 is 13.9 Å². The Kier molecular flexibility index (Phi) is 4.04. The van der Waals surface area contributed by atoms with Gasteiger partial charge in [-0.3, -0.25) is 4.79 Å². The normalized spacial score (nSPS) is 23.3. The Morgan fingerprint density at radius 2 is 2.21 bits per heavy atom. The molecule has 1 heterocycles. The minimum atomic E-state index is -0.470. The van der Waals surface area contributed by atoms with Crippen LogP contribution in [0.3, 0.4) is 0 Å². The van der Waals surface area contributed by atoms with E-state index in [1.54, 1.807) is 4.90 Å². The topological polar surface area (TPSA) is 55.6 Å². The van der Waals surface area contributed by atoms with Gasteiger partial charge in [0.05, 0.1) is 7.11 Å². The van der Waals surface area contributed by atoms with Crippen LogP contribution in [0.2, 0.25) is 0 Å². The molecule has 2 N–H and O–H groups in total. The maximum Gasteiger partial charge on any atom is 0.254 e. The van der Waals surface area contributed by atoms with Gasteiger partial charge in [0, 0.05) is 24.7 Å². The summed E-state index contributed by atoms with van der Waals surface area (Å²) in [5.41, 5.74) is 6.36. The Labute approximate surface area is 112 Å². The molecule has 1 aromatic carbocycles. The molecule has 1 aromatic rings. The van der Waals surface area contributed by atoms with Crippen LogP contribution in [0, 0.1) is 11.7 Å². The average Bonchev–Trinajstić information content (AvgIpc) is 2.37.